The number of ether oxygens (including phenoxy) is 1. The summed E-state index contributed by atoms with van der Waals surface area (Å²) in [5.41, 5.74) is 2.33. The van der Waals surface area contributed by atoms with Crippen LogP contribution in [-0.4, -0.2) is 69.2 Å². The molecule has 3 fully saturated rings. The van der Waals surface area contributed by atoms with Crippen LogP contribution in [0.5, 0.6) is 0 Å². The Hall–Kier alpha value is -2.88. The van der Waals surface area contributed by atoms with Gasteiger partial charge in [0.1, 0.15) is 12.6 Å². The molecule has 9 heteroatoms. The third kappa shape index (κ3) is 3.56. The van der Waals surface area contributed by atoms with E-state index in [1.807, 2.05) is 22.8 Å². The predicted molar refractivity (Wildman–Crippen MR) is 119 cm³/mol. The number of amides is 1. The number of benzene rings is 1. The molecular formula is C23H27N7O2. The van der Waals surface area contributed by atoms with Crippen LogP contribution in [-0.2, 0) is 4.74 Å². The number of carbonyl (C=O) groups excluding carboxylic acids is 1. The van der Waals surface area contributed by atoms with E-state index in [4.69, 9.17) is 4.74 Å². The van der Waals surface area contributed by atoms with Crippen LogP contribution in [0.4, 0.5) is 5.82 Å². The van der Waals surface area contributed by atoms with E-state index in [-0.39, 0.29) is 18.2 Å². The van der Waals surface area contributed by atoms with Gasteiger partial charge < -0.3 is 15.4 Å². The lowest BCUT2D eigenvalue weighted by molar-refractivity contribution is -0.0523. The Balaban J connectivity index is 1.13. The Labute approximate surface area is 186 Å². The number of carbonyl (C=O) groups is 1. The van der Waals surface area contributed by atoms with Gasteiger partial charge in [-0.3, -0.25) is 14.3 Å². The zero-order valence-corrected chi connectivity index (χ0v) is 17.9. The molecule has 3 aliphatic rings. The molecule has 2 unspecified atom stereocenters. The second kappa shape index (κ2) is 7.91. The van der Waals surface area contributed by atoms with Crippen molar-refractivity contribution >= 4 is 22.9 Å². The summed E-state index contributed by atoms with van der Waals surface area (Å²) in [6.07, 6.45) is 6.57. The van der Waals surface area contributed by atoms with Crippen LogP contribution in [0.15, 0.2) is 43.0 Å². The van der Waals surface area contributed by atoms with Crippen LogP contribution in [0, 0.1) is 5.41 Å². The van der Waals surface area contributed by atoms with Crippen molar-refractivity contribution in [2.45, 2.75) is 31.6 Å². The molecule has 3 saturated heterocycles. The van der Waals surface area contributed by atoms with Gasteiger partial charge >= 0.3 is 0 Å². The number of nitrogens with one attached hydrogen (secondary N) is 2. The van der Waals surface area contributed by atoms with Crippen LogP contribution < -0.4 is 10.6 Å². The normalized spacial score (nSPS) is 24.8. The van der Waals surface area contributed by atoms with Crippen molar-refractivity contribution in [2.24, 2.45) is 5.41 Å². The number of fused-ring (bicyclic) bond motifs is 1. The van der Waals surface area contributed by atoms with Crippen molar-refractivity contribution in [3.05, 3.63) is 48.5 Å². The van der Waals surface area contributed by atoms with Crippen molar-refractivity contribution in [1.29, 1.82) is 0 Å². The Morgan fingerprint density at radius 2 is 2.06 bits per heavy atom. The van der Waals surface area contributed by atoms with Gasteiger partial charge in [0.05, 0.1) is 12.4 Å². The highest BCUT2D eigenvalue weighted by Gasteiger charge is 2.45. The highest BCUT2D eigenvalue weighted by Crippen LogP contribution is 2.38. The highest BCUT2D eigenvalue weighted by molar-refractivity contribution is 6.06. The smallest absolute Gasteiger partial charge is 0.256 e. The van der Waals surface area contributed by atoms with Gasteiger partial charge in [-0.1, -0.05) is 18.2 Å². The fourth-order valence-electron chi connectivity index (χ4n) is 5.33. The van der Waals surface area contributed by atoms with Crippen LogP contribution >= 0.6 is 0 Å². The molecule has 166 valence electrons. The first-order chi connectivity index (χ1) is 15.7. The molecule has 0 bridgehead atoms. The quantitative estimate of drug-likeness (QED) is 0.636. The van der Waals surface area contributed by atoms with E-state index in [0.717, 1.165) is 32.5 Å². The van der Waals surface area contributed by atoms with Gasteiger partial charge in [-0.05, 0) is 37.9 Å². The Bertz CT molecular complexity index is 1120. The summed E-state index contributed by atoms with van der Waals surface area (Å²) in [7, 11) is 0. The second-order valence-corrected chi connectivity index (χ2v) is 9.25. The summed E-state index contributed by atoms with van der Waals surface area (Å²) in [6.45, 7) is 5.64. The summed E-state index contributed by atoms with van der Waals surface area (Å²) in [5, 5.41) is 6.35. The Morgan fingerprint density at radius 3 is 2.88 bits per heavy atom. The van der Waals surface area contributed by atoms with Crippen molar-refractivity contribution in [2.75, 3.05) is 38.0 Å². The molecule has 3 aromatic rings. The van der Waals surface area contributed by atoms with Crippen molar-refractivity contribution < 1.29 is 9.53 Å². The zero-order chi connectivity index (χ0) is 21.5. The molecule has 0 radical (unpaired) electrons. The predicted octanol–water partition coefficient (Wildman–Crippen LogP) is 2.05. The Morgan fingerprint density at radius 1 is 1.19 bits per heavy atom. The molecule has 5 heterocycles. The van der Waals surface area contributed by atoms with Gasteiger partial charge in [-0.15, -0.1) is 0 Å². The number of anilines is 1. The number of hydrogen-bond donors (Lipinski definition) is 2. The molecule has 1 spiro atoms. The molecular weight excluding hydrogens is 406 g/mol. The van der Waals surface area contributed by atoms with E-state index < -0.39 is 0 Å². The van der Waals surface area contributed by atoms with E-state index in [0.29, 0.717) is 28.0 Å². The maximum Gasteiger partial charge on any atom is 0.256 e. The standard InChI is InChI=1S/C23H27N7O2/c31-22(16-4-2-1-3-5-16)28-20-19-21(26-14-25-20)30(15-27-19)18-7-6-17(32-18)10-29-12-23(13-29)8-9-24-11-23/h1-5,14-15,17-18,24H,6-13H2,(H,25,26,28,31). The number of nitrogens with zero attached hydrogens (tertiary/aromatic N) is 5. The summed E-state index contributed by atoms with van der Waals surface area (Å²) in [5.74, 6) is 0.190. The lowest BCUT2D eigenvalue weighted by atomic mass is 9.79. The van der Waals surface area contributed by atoms with Crippen LogP contribution in [0.3, 0.4) is 0 Å². The monoisotopic (exact) mass is 433 g/mol. The molecule has 0 aliphatic carbocycles. The molecule has 0 saturated carbocycles. The average molecular weight is 434 g/mol. The summed E-state index contributed by atoms with van der Waals surface area (Å²) < 4.78 is 8.35. The minimum Gasteiger partial charge on any atom is -0.353 e. The number of imidazole rings is 1. The van der Waals surface area contributed by atoms with E-state index in [1.54, 1.807) is 18.5 Å². The maximum atomic E-state index is 12.6. The molecule has 6 rings (SSSR count). The molecule has 1 aromatic carbocycles. The van der Waals surface area contributed by atoms with E-state index in [1.165, 1.54) is 25.8 Å². The topological polar surface area (TPSA) is 97.2 Å². The molecule has 2 N–H and O–H groups in total. The third-order valence-electron chi connectivity index (χ3n) is 6.93. The largest absolute Gasteiger partial charge is 0.353 e. The van der Waals surface area contributed by atoms with Crippen molar-refractivity contribution in [3.63, 3.8) is 0 Å². The first-order valence-corrected chi connectivity index (χ1v) is 11.3. The molecule has 2 atom stereocenters. The van der Waals surface area contributed by atoms with E-state index in [2.05, 4.69) is 30.5 Å². The van der Waals surface area contributed by atoms with Gasteiger partial charge in [0, 0.05) is 37.2 Å². The third-order valence-corrected chi connectivity index (χ3v) is 6.93. The maximum absolute atomic E-state index is 12.6. The van der Waals surface area contributed by atoms with Gasteiger partial charge in [-0.2, -0.15) is 0 Å². The Kier molecular flexibility index (Phi) is 4.89. The van der Waals surface area contributed by atoms with Crippen LogP contribution in [0.1, 0.15) is 35.8 Å². The number of aromatic nitrogens is 4. The minimum absolute atomic E-state index is 0.0963. The summed E-state index contributed by atoms with van der Waals surface area (Å²) in [6, 6.07) is 9.07. The molecule has 9 nitrogen and oxygen atoms in total. The number of likely N-dealkylation sites (tertiary alicyclic amines) is 1. The summed E-state index contributed by atoms with van der Waals surface area (Å²) in [4.78, 5) is 28.2. The van der Waals surface area contributed by atoms with Gasteiger partial charge in [0.15, 0.2) is 17.0 Å². The van der Waals surface area contributed by atoms with Crippen LogP contribution in [0.2, 0.25) is 0 Å². The lowest BCUT2D eigenvalue weighted by Gasteiger charge is -2.48. The zero-order valence-electron chi connectivity index (χ0n) is 17.9. The van der Waals surface area contributed by atoms with Gasteiger partial charge in [-0.25, -0.2) is 15.0 Å². The first kappa shape index (κ1) is 19.8. The average Bonchev–Trinajstić information content (AvgIpc) is 3.54. The van der Waals surface area contributed by atoms with Gasteiger partial charge in [0.2, 0.25) is 0 Å². The van der Waals surface area contributed by atoms with Crippen LogP contribution in [0.25, 0.3) is 11.2 Å². The highest BCUT2D eigenvalue weighted by atomic mass is 16.5. The molecule has 1 amide bonds. The van der Waals surface area contributed by atoms with Gasteiger partial charge in [0.25, 0.3) is 5.91 Å². The molecule has 3 aliphatic heterocycles. The van der Waals surface area contributed by atoms with E-state index >= 15 is 0 Å². The SMILES string of the molecule is O=C(Nc1ncnc2c1ncn2C1CCC(CN2CC3(CCNC3)C2)O1)c1ccccc1. The lowest BCUT2D eigenvalue weighted by Crippen LogP contribution is -2.58. The number of rotatable bonds is 5. The fraction of sp³-hybridized carbons (Fsp3) is 0.478. The molecule has 2 aromatic heterocycles. The second-order valence-electron chi connectivity index (χ2n) is 9.25. The minimum atomic E-state index is -0.220. The fourth-order valence-corrected chi connectivity index (χ4v) is 5.33. The summed E-state index contributed by atoms with van der Waals surface area (Å²) >= 11 is 0. The van der Waals surface area contributed by atoms with Crippen molar-refractivity contribution in [1.82, 2.24) is 29.7 Å². The first-order valence-electron chi connectivity index (χ1n) is 11.3. The van der Waals surface area contributed by atoms with Crippen molar-refractivity contribution in [3.8, 4) is 0 Å². The number of hydrogen-bond acceptors (Lipinski definition) is 7. The van der Waals surface area contributed by atoms with E-state index in [9.17, 15) is 4.79 Å². The molecule has 32 heavy (non-hydrogen) atoms.